The number of anilines is 1. The fourth-order valence-corrected chi connectivity index (χ4v) is 3.51. The van der Waals surface area contributed by atoms with E-state index in [9.17, 15) is 9.59 Å². The van der Waals surface area contributed by atoms with Crippen molar-refractivity contribution in [3.63, 3.8) is 0 Å². The van der Waals surface area contributed by atoms with Crippen LogP contribution < -0.4 is 4.90 Å². The van der Waals surface area contributed by atoms with Crippen molar-refractivity contribution < 1.29 is 19.1 Å². The van der Waals surface area contributed by atoms with Crippen molar-refractivity contribution in [1.82, 2.24) is 4.98 Å². The summed E-state index contributed by atoms with van der Waals surface area (Å²) in [6.45, 7) is 8.23. The molecule has 2 aromatic rings. The molecule has 0 spiro atoms. The Bertz CT molecular complexity index is 838. The summed E-state index contributed by atoms with van der Waals surface area (Å²) in [5, 5.41) is 2.40. The Kier molecular flexibility index (Phi) is 5.00. The van der Waals surface area contributed by atoms with E-state index in [2.05, 4.69) is 4.98 Å². The summed E-state index contributed by atoms with van der Waals surface area (Å²) in [5.41, 5.74) is 2.56. The molecule has 1 aliphatic rings. The SMILES string of the molecule is CCOC(=O)c1csc(-c2ccc3c(c2)N(C(=O)OC(C)(C)C)CC3)n1. The third-order valence-corrected chi connectivity index (χ3v) is 4.72. The van der Waals surface area contributed by atoms with Crippen molar-refractivity contribution >= 4 is 29.1 Å². The molecule has 138 valence electrons. The third kappa shape index (κ3) is 3.88. The maximum atomic E-state index is 12.5. The molecular formula is C19H22N2O4S. The van der Waals surface area contributed by atoms with Gasteiger partial charge in [0.15, 0.2) is 5.69 Å². The minimum Gasteiger partial charge on any atom is -0.461 e. The first-order valence-corrected chi connectivity index (χ1v) is 9.43. The van der Waals surface area contributed by atoms with E-state index >= 15 is 0 Å². The number of amides is 1. The van der Waals surface area contributed by atoms with Crippen molar-refractivity contribution in [2.24, 2.45) is 0 Å². The maximum Gasteiger partial charge on any atom is 0.414 e. The largest absolute Gasteiger partial charge is 0.461 e. The lowest BCUT2D eigenvalue weighted by molar-refractivity contribution is 0.0519. The van der Waals surface area contributed by atoms with Crippen LogP contribution in [-0.2, 0) is 15.9 Å². The average Bonchev–Trinajstić information content (AvgIpc) is 3.20. The minimum atomic E-state index is -0.540. The highest BCUT2D eigenvalue weighted by molar-refractivity contribution is 7.13. The summed E-state index contributed by atoms with van der Waals surface area (Å²) >= 11 is 1.38. The van der Waals surface area contributed by atoms with Crippen LogP contribution in [0.25, 0.3) is 10.6 Å². The number of thiazole rings is 1. The predicted molar refractivity (Wildman–Crippen MR) is 101 cm³/mol. The normalized spacial score (nSPS) is 13.5. The van der Waals surface area contributed by atoms with Gasteiger partial charge < -0.3 is 9.47 Å². The summed E-state index contributed by atoms with van der Waals surface area (Å²) in [5.74, 6) is -0.424. The molecule has 1 aliphatic heterocycles. The fourth-order valence-electron chi connectivity index (χ4n) is 2.72. The number of carbonyl (C=O) groups excluding carboxylic acids is 2. The van der Waals surface area contributed by atoms with Crippen LogP contribution in [0.3, 0.4) is 0 Å². The number of carbonyl (C=O) groups is 2. The van der Waals surface area contributed by atoms with Crippen molar-refractivity contribution in [3.05, 3.63) is 34.8 Å². The van der Waals surface area contributed by atoms with Gasteiger partial charge in [0.1, 0.15) is 10.6 Å². The Morgan fingerprint density at radius 1 is 1.31 bits per heavy atom. The molecule has 0 bridgehead atoms. The van der Waals surface area contributed by atoms with Gasteiger partial charge in [0.05, 0.1) is 12.3 Å². The number of benzene rings is 1. The van der Waals surface area contributed by atoms with Crippen molar-refractivity contribution in [2.75, 3.05) is 18.1 Å². The van der Waals surface area contributed by atoms with Gasteiger partial charge in [-0.15, -0.1) is 11.3 Å². The molecule has 3 rings (SSSR count). The molecule has 6 nitrogen and oxygen atoms in total. The van der Waals surface area contributed by atoms with Gasteiger partial charge in [0, 0.05) is 17.5 Å². The second kappa shape index (κ2) is 7.07. The van der Waals surface area contributed by atoms with E-state index in [1.54, 1.807) is 17.2 Å². The van der Waals surface area contributed by atoms with Crippen LogP contribution in [0.1, 0.15) is 43.7 Å². The molecule has 0 fully saturated rings. The second-order valence-corrected chi connectivity index (χ2v) is 7.84. The van der Waals surface area contributed by atoms with Gasteiger partial charge in [-0.05, 0) is 45.7 Å². The number of nitrogens with zero attached hydrogens (tertiary/aromatic N) is 2. The fraction of sp³-hybridized carbons (Fsp3) is 0.421. The van der Waals surface area contributed by atoms with Gasteiger partial charge in [0.25, 0.3) is 0 Å². The highest BCUT2D eigenvalue weighted by Crippen LogP contribution is 2.34. The molecule has 2 heterocycles. The van der Waals surface area contributed by atoms with E-state index < -0.39 is 11.6 Å². The van der Waals surface area contributed by atoms with E-state index in [1.807, 2.05) is 39.0 Å². The molecule has 0 saturated carbocycles. The van der Waals surface area contributed by atoms with Crippen LogP contribution in [0.4, 0.5) is 10.5 Å². The van der Waals surface area contributed by atoms with Crippen molar-refractivity contribution in [3.8, 4) is 10.6 Å². The monoisotopic (exact) mass is 374 g/mol. The first-order chi connectivity index (χ1) is 12.3. The van der Waals surface area contributed by atoms with Gasteiger partial charge >= 0.3 is 12.1 Å². The summed E-state index contributed by atoms with van der Waals surface area (Å²) in [7, 11) is 0. The zero-order chi connectivity index (χ0) is 18.9. The van der Waals surface area contributed by atoms with Gasteiger partial charge in [-0.3, -0.25) is 4.90 Å². The zero-order valence-corrected chi connectivity index (χ0v) is 16.2. The summed E-state index contributed by atoms with van der Waals surface area (Å²) < 4.78 is 10.5. The number of ether oxygens (including phenoxy) is 2. The van der Waals surface area contributed by atoms with Crippen LogP contribution in [0.5, 0.6) is 0 Å². The van der Waals surface area contributed by atoms with E-state index in [4.69, 9.17) is 9.47 Å². The number of fused-ring (bicyclic) bond motifs is 1. The van der Waals surface area contributed by atoms with Crippen LogP contribution in [0.15, 0.2) is 23.6 Å². The molecule has 1 aromatic carbocycles. The molecule has 26 heavy (non-hydrogen) atoms. The topological polar surface area (TPSA) is 68.7 Å². The zero-order valence-electron chi connectivity index (χ0n) is 15.4. The Balaban J connectivity index is 1.86. The number of esters is 1. The van der Waals surface area contributed by atoms with Crippen molar-refractivity contribution in [2.45, 2.75) is 39.7 Å². The minimum absolute atomic E-state index is 0.302. The molecule has 0 radical (unpaired) electrons. The smallest absolute Gasteiger partial charge is 0.414 e. The van der Waals surface area contributed by atoms with E-state index in [-0.39, 0.29) is 6.09 Å². The van der Waals surface area contributed by atoms with Crippen molar-refractivity contribution in [1.29, 1.82) is 0 Å². The van der Waals surface area contributed by atoms with E-state index in [1.165, 1.54) is 11.3 Å². The summed E-state index contributed by atoms with van der Waals surface area (Å²) in [6.07, 6.45) is 0.445. The third-order valence-electron chi connectivity index (χ3n) is 3.83. The summed E-state index contributed by atoms with van der Waals surface area (Å²) in [4.78, 5) is 30.3. The van der Waals surface area contributed by atoms with Crippen LogP contribution in [-0.4, -0.2) is 35.8 Å². The molecule has 0 atom stereocenters. The van der Waals surface area contributed by atoms with Gasteiger partial charge in [-0.2, -0.15) is 0 Å². The lowest BCUT2D eigenvalue weighted by Crippen LogP contribution is -2.35. The molecule has 0 unspecified atom stereocenters. The van der Waals surface area contributed by atoms with Gasteiger partial charge in [-0.1, -0.05) is 12.1 Å². The first kappa shape index (κ1) is 18.4. The molecular weight excluding hydrogens is 352 g/mol. The Hall–Kier alpha value is -2.41. The van der Waals surface area contributed by atoms with Crippen LogP contribution in [0.2, 0.25) is 0 Å². The number of aromatic nitrogens is 1. The quantitative estimate of drug-likeness (QED) is 0.750. The maximum absolute atomic E-state index is 12.5. The Morgan fingerprint density at radius 3 is 2.77 bits per heavy atom. The number of hydrogen-bond acceptors (Lipinski definition) is 6. The van der Waals surface area contributed by atoms with Gasteiger partial charge in [-0.25, -0.2) is 14.6 Å². The van der Waals surface area contributed by atoms with E-state index in [0.717, 1.165) is 23.2 Å². The highest BCUT2D eigenvalue weighted by Gasteiger charge is 2.29. The van der Waals surface area contributed by atoms with Gasteiger partial charge in [0.2, 0.25) is 0 Å². The summed E-state index contributed by atoms with van der Waals surface area (Å²) in [6, 6.07) is 5.89. The molecule has 0 saturated heterocycles. The number of hydrogen-bond donors (Lipinski definition) is 0. The Labute approximate surface area is 156 Å². The molecule has 7 heteroatoms. The molecule has 0 aliphatic carbocycles. The molecule has 1 amide bonds. The molecule has 0 N–H and O–H groups in total. The average molecular weight is 374 g/mol. The first-order valence-electron chi connectivity index (χ1n) is 8.55. The second-order valence-electron chi connectivity index (χ2n) is 6.98. The highest BCUT2D eigenvalue weighted by atomic mass is 32.1. The number of rotatable bonds is 3. The lowest BCUT2D eigenvalue weighted by Gasteiger charge is -2.25. The molecule has 1 aromatic heterocycles. The van der Waals surface area contributed by atoms with Crippen LogP contribution >= 0.6 is 11.3 Å². The Morgan fingerprint density at radius 2 is 2.08 bits per heavy atom. The lowest BCUT2D eigenvalue weighted by atomic mass is 10.1. The predicted octanol–water partition coefficient (Wildman–Crippen LogP) is 4.28. The van der Waals surface area contributed by atoms with E-state index in [0.29, 0.717) is 23.9 Å². The van der Waals surface area contributed by atoms with Crippen LogP contribution in [0, 0.1) is 0 Å². The standard InChI is InChI=1S/C19H22N2O4S/c1-5-24-17(22)14-11-26-16(20-14)13-7-6-12-8-9-21(15(12)10-13)18(23)25-19(2,3)4/h6-7,10-11H,5,8-9H2,1-4H3.